The molecule has 1 aromatic rings. The molecular formula is C12H20N4OS. The molecule has 18 heavy (non-hydrogen) atoms. The summed E-state index contributed by atoms with van der Waals surface area (Å²) >= 11 is 1.27. The van der Waals surface area contributed by atoms with Gasteiger partial charge in [0.15, 0.2) is 5.13 Å². The highest BCUT2D eigenvalue weighted by atomic mass is 32.1. The lowest BCUT2D eigenvalue weighted by molar-refractivity contribution is 0.0778. The summed E-state index contributed by atoms with van der Waals surface area (Å²) < 4.78 is 0. The fraction of sp³-hybridized carbons (Fsp3) is 0.667. The molecule has 1 fully saturated rings. The quantitative estimate of drug-likeness (QED) is 0.890. The number of carbonyl (C=O) groups is 1. The zero-order valence-corrected chi connectivity index (χ0v) is 12.0. The van der Waals surface area contributed by atoms with E-state index < -0.39 is 0 Å². The number of nitrogens with zero attached hydrogens (tertiary/aromatic N) is 3. The molecule has 1 unspecified atom stereocenters. The number of hydrogen-bond acceptors (Lipinski definition) is 5. The first-order chi connectivity index (χ1) is 8.47. The van der Waals surface area contributed by atoms with Crippen molar-refractivity contribution in [2.24, 2.45) is 5.92 Å². The van der Waals surface area contributed by atoms with E-state index in [1.54, 1.807) is 4.90 Å². The summed E-state index contributed by atoms with van der Waals surface area (Å²) in [6.45, 7) is 4.83. The van der Waals surface area contributed by atoms with Gasteiger partial charge in [-0.25, -0.2) is 4.98 Å². The van der Waals surface area contributed by atoms with Crippen LogP contribution in [0.3, 0.4) is 0 Å². The monoisotopic (exact) mass is 268 g/mol. The Balaban J connectivity index is 1.98. The van der Waals surface area contributed by atoms with Crippen molar-refractivity contribution in [2.75, 3.05) is 39.5 Å². The number of anilines is 1. The number of carbonyl (C=O) groups excluding carboxylic acids is 1. The zero-order chi connectivity index (χ0) is 13.3. The van der Waals surface area contributed by atoms with E-state index in [0.29, 0.717) is 15.9 Å². The van der Waals surface area contributed by atoms with Crippen LogP contribution in [0.25, 0.3) is 0 Å². The number of nitrogens with two attached hydrogens (primary N) is 1. The van der Waals surface area contributed by atoms with Crippen molar-refractivity contribution in [2.45, 2.75) is 13.3 Å². The van der Waals surface area contributed by atoms with Gasteiger partial charge in [-0.2, -0.15) is 0 Å². The second-order valence-corrected chi connectivity index (χ2v) is 6.10. The molecule has 1 aromatic heterocycles. The van der Waals surface area contributed by atoms with Crippen molar-refractivity contribution >= 4 is 22.4 Å². The summed E-state index contributed by atoms with van der Waals surface area (Å²) in [6.07, 6.45) is 1.16. The molecule has 2 N–H and O–H groups in total. The van der Waals surface area contributed by atoms with Crippen molar-refractivity contribution < 1.29 is 4.79 Å². The highest BCUT2D eigenvalue weighted by Crippen LogP contribution is 2.22. The minimum atomic E-state index is 0.0382. The summed E-state index contributed by atoms with van der Waals surface area (Å²) in [5.74, 6) is 0.616. The molecule has 5 nitrogen and oxygen atoms in total. The van der Waals surface area contributed by atoms with Gasteiger partial charge in [0.2, 0.25) is 0 Å². The molecule has 100 valence electrons. The molecule has 0 radical (unpaired) electrons. The lowest BCUT2D eigenvalue weighted by atomic mass is 10.1. The van der Waals surface area contributed by atoms with Crippen molar-refractivity contribution in [1.82, 2.24) is 14.8 Å². The van der Waals surface area contributed by atoms with E-state index in [0.717, 1.165) is 31.7 Å². The van der Waals surface area contributed by atoms with Crippen LogP contribution in [-0.2, 0) is 0 Å². The highest BCUT2D eigenvalue weighted by Gasteiger charge is 2.24. The summed E-state index contributed by atoms with van der Waals surface area (Å²) in [6, 6.07) is 0. The minimum Gasteiger partial charge on any atom is -0.375 e. The molecule has 1 aliphatic heterocycles. The van der Waals surface area contributed by atoms with E-state index in [-0.39, 0.29) is 5.91 Å². The first-order valence-corrected chi connectivity index (χ1v) is 6.96. The topological polar surface area (TPSA) is 62.5 Å². The van der Waals surface area contributed by atoms with Gasteiger partial charge < -0.3 is 15.5 Å². The Labute approximate surface area is 112 Å². The maximum Gasteiger partial charge on any atom is 0.265 e. The predicted molar refractivity (Wildman–Crippen MR) is 73.8 cm³/mol. The first kappa shape index (κ1) is 13.3. The first-order valence-electron chi connectivity index (χ1n) is 6.14. The summed E-state index contributed by atoms with van der Waals surface area (Å²) in [4.78, 5) is 21.1. The standard InChI is InChI=1S/C12H20N4OS/c1-8-10(18-12(13)14-8)11(17)16(3)7-9-4-5-15(2)6-9/h9H,4-7H2,1-3H3,(H2,13,14). The molecule has 0 aliphatic carbocycles. The Morgan fingerprint density at radius 1 is 1.67 bits per heavy atom. The second kappa shape index (κ2) is 5.24. The number of amides is 1. The lowest BCUT2D eigenvalue weighted by Gasteiger charge is -2.20. The van der Waals surface area contributed by atoms with Gasteiger partial charge in [0.1, 0.15) is 4.88 Å². The third-order valence-electron chi connectivity index (χ3n) is 3.38. The van der Waals surface area contributed by atoms with Crippen LogP contribution < -0.4 is 5.73 Å². The van der Waals surface area contributed by atoms with E-state index in [2.05, 4.69) is 16.9 Å². The van der Waals surface area contributed by atoms with Crippen molar-refractivity contribution in [3.63, 3.8) is 0 Å². The maximum absolute atomic E-state index is 12.3. The van der Waals surface area contributed by atoms with Gasteiger partial charge in [-0.05, 0) is 32.9 Å². The van der Waals surface area contributed by atoms with Crippen LogP contribution in [-0.4, -0.2) is 54.4 Å². The molecular weight excluding hydrogens is 248 g/mol. The number of hydrogen-bond donors (Lipinski definition) is 1. The van der Waals surface area contributed by atoms with Crippen LogP contribution in [0.1, 0.15) is 21.8 Å². The van der Waals surface area contributed by atoms with Crippen LogP contribution in [0, 0.1) is 12.8 Å². The number of aromatic nitrogens is 1. The van der Waals surface area contributed by atoms with Gasteiger partial charge >= 0.3 is 0 Å². The van der Waals surface area contributed by atoms with Gasteiger partial charge in [-0.1, -0.05) is 11.3 Å². The van der Waals surface area contributed by atoms with Crippen molar-refractivity contribution in [3.8, 4) is 0 Å². The molecule has 2 rings (SSSR count). The summed E-state index contributed by atoms with van der Waals surface area (Å²) in [5, 5.41) is 0.463. The van der Waals surface area contributed by atoms with E-state index in [4.69, 9.17) is 5.73 Å². The molecule has 0 aromatic carbocycles. The molecule has 1 amide bonds. The van der Waals surface area contributed by atoms with Gasteiger partial charge in [0.25, 0.3) is 5.91 Å². The molecule has 0 spiro atoms. The smallest absolute Gasteiger partial charge is 0.265 e. The average molecular weight is 268 g/mol. The fourth-order valence-electron chi connectivity index (χ4n) is 2.43. The van der Waals surface area contributed by atoms with Crippen LogP contribution in [0.5, 0.6) is 0 Å². The third kappa shape index (κ3) is 2.81. The molecule has 1 saturated heterocycles. The Morgan fingerprint density at radius 2 is 2.39 bits per heavy atom. The maximum atomic E-state index is 12.3. The van der Waals surface area contributed by atoms with Crippen molar-refractivity contribution in [3.05, 3.63) is 10.6 Å². The van der Waals surface area contributed by atoms with Crippen LogP contribution in [0.4, 0.5) is 5.13 Å². The predicted octanol–water partition coefficient (Wildman–Crippen LogP) is 1.06. The van der Waals surface area contributed by atoms with E-state index in [1.165, 1.54) is 11.3 Å². The third-order valence-corrected chi connectivity index (χ3v) is 4.35. The largest absolute Gasteiger partial charge is 0.375 e. The van der Waals surface area contributed by atoms with E-state index in [1.807, 2.05) is 14.0 Å². The minimum absolute atomic E-state index is 0.0382. The van der Waals surface area contributed by atoms with Crippen LogP contribution in [0.2, 0.25) is 0 Å². The zero-order valence-electron chi connectivity index (χ0n) is 11.1. The van der Waals surface area contributed by atoms with Gasteiger partial charge in [0, 0.05) is 20.1 Å². The molecule has 2 heterocycles. The normalized spacial score (nSPS) is 20.3. The highest BCUT2D eigenvalue weighted by molar-refractivity contribution is 7.17. The molecule has 1 aliphatic rings. The molecule has 0 saturated carbocycles. The Hall–Kier alpha value is -1.14. The SMILES string of the molecule is Cc1nc(N)sc1C(=O)N(C)CC1CCN(C)C1. The number of likely N-dealkylation sites (tertiary alicyclic amines) is 1. The van der Waals surface area contributed by atoms with Crippen LogP contribution >= 0.6 is 11.3 Å². The second-order valence-electron chi connectivity index (χ2n) is 5.07. The van der Waals surface area contributed by atoms with E-state index in [9.17, 15) is 4.79 Å². The summed E-state index contributed by atoms with van der Waals surface area (Å²) in [7, 11) is 3.98. The number of nitrogen functional groups attached to an aromatic ring is 1. The summed E-state index contributed by atoms with van der Waals surface area (Å²) in [5.41, 5.74) is 6.36. The van der Waals surface area contributed by atoms with Gasteiger partial charge in [-0.15, -0.1) is 0 Å². The van der Waals surface area contributed by atoms with Crippen molar-refractivity contribution in [1.29, 1.82) is 0 Å². The lowest BCUT2D eigenvalue weighted by Crippen LogP contribution is -2.32. The van der Waals surface area contributed by atoms with E-state index >= 15 is 0 Å². The van der Waals surface area contributed by atoms with Crippen LogP contribution in [0.15, 0.2) is 0 Å². The molecule has 1 atom stereocenters. The Bertz CT molecular complexity index is 445. The molecule has 0 bridgehead atoms. The number of thiazole rings is 1. The number of aryl methyl sites for hydroxylation is 1. The average Bonchev–Trinajstić information content (AvgIpc) is 2.84. The van der Waals surface area contributed by atoms with Gasteiger partial charge in [-0.3, -0.25) is 4.79 Å². The Morgan fingerprint density at radius 3 is 2.89 bits per heavy atom. The number of rotatable bonds is 3. The molecule has 6 heteroatoms. The fourth-order valence-corrected chi connectivity index (χ4v) is 3.26. The van der Waals surface area contributed by atoms with Gasteiger partial charge in [0.05, 0.1) is 5.69 Å². The Kier molecular flexibility index (Phi) is 3.87.